The van der Waals surface area contributed by atoms with Gasteiger partial charge in [0.1, 0.15) is 5.75 Å². The maximum Gasteiger partial charge on any atom is 0.125 e. The standard InChI is InChI=1S/C14H15NO.C2H6.CH3Cl/c1-9-4-3-5-11-13(16)8-12-10(14(9)11)6-7-15(12)2;2*1-2/h3-5,8,16H,6-7H2,1-2H3;1-2H3;1H3. The van der Waals surface area contributed by atoms with E-state index in [1.807, 2.05) is 32.0 Å². The van der Waals surface area contributed by atoms with Gasteiger partial charge >= 0.3 is 0 Å². The van der Waals surface area contributed by atoms with Crippen LogP contribution in [0.5, 0.6) is 5.75 Å². The van der Waals surface area contributed by atoms with Crippen LogP contribution in [0.4, 0.5) is 5.69 Å². The Hall–Kier alpha value is -1.41. The number of phenolic OH excluding ortho intramolecular Hbond substituents is 1. The highest BCUT2D eigenvalue weighted by molar-refractivity contribution is 6.15. The second-order valence-electron chi connectivity index (χ2n) is 4.56. The number of phenols is 1. The van der Waals surface area contributed by atoms with Gasteiger partial charge in [-0.1, -0.05) is 32.0 Å². The van der Waals surface area contributed by atoms with E-state index in [1.54, 1.807) is 0 Å². The molecular weight excluding hydrogens is 270 g/mol. The van der Waals surface area contributed by atoms with Crippen molar-refractivity contribution in [3.63, 3.8) is 0 Å². The molecule has 2 aromatic carbocycles. The number of rotatable bonds is 0. The summed E-state index contributed by atoms with van der Waals surface area (Å²) >= 11 is 4.64. The van der Waals surface area contributed by atoms with Crippen LogP contribution in [-0.2, 0) is 6.42 Å². The molecule has 0 bridgehead atoms. The van der Waals surface area contributed by atoms with Crippen LogP contribution in [0.25, 0.3) is 10.8 Å². The zero-order valence-corrected chi connectivity index (χ0v) is 13.8. The van der Waals surface area contributed by atoms with E-state index in [4.69, 9.17) is 0 Å². The van der Waals surface area contributed by atoms with Crippen LogP contribution in [0.2, 0.25) is 0 Å². The second kappa shape index (κ2) is 7.39. The van der Waals surface area contributed by atoms with E-state index < -0.39 is 0 Å². The first kappa shape index (κ1) is 16.6. The SMILES string of the molecule is CC.CCl.Cc1cccc2c(O)cc3c(c12)CCN3C. The number of nitrogens with zero attached hydrogens (tertiary/aromatic N) is 1. The molecule has 0 atom stereocenters. The van der Waals surface area contributed by atoms with Crippen molar-refractivity contribution in [2.24, 2.45) is 0 Å². The number of halogens is 1. The van der Waals surface area contributed by atoms with Crippen molar-refractivity contribution in [1.82, 2.24) is 0 Å². The third-order valence-corrected chi connectivity index (χ3v) is 3.54. The molecule has 0 spiro atoms. The van der Waals surface area contributed by atoms with Crippen molar-refractivity contribution in [2.45, 2.75) is 27.2 Å². The van der Waals surface area contributed by atoms with Crippen molar-refractivity contribution < 1.29 is 5.11 Å². The highest BCUT2D eigenvalue weighted by Gasteiger charge is 2.20. The van der Waals surface area contributed by atoms with Crippen molar-refractivity contribution in [3.8, 4) is 5.75 Å². The van der Waals surface area contributed by atoms with Gasteiger partial charge in [-0.2, -0.15) is 0 Å². The molecule has 0 unspecified atom stereocenters. The number of hydrogen-bond donors (Lipinski definition) is 1. The molecule has 1 aliphatic rings. The summed E-state index contributed by atoms with van der Waals surface area (Å²) in [6.07, 6.45) is 2.55. The molecule has 0 fully saturated rings. The lowest BCUT2D eigenvalue weighted by molar-refractivity contribution is 0.481. The molecule has 0 aliphatic carbocycles. The Kier molecular flexibility index (Phi) is 6.15. The van der Waals surface area contributed by atoms with Gasteiger partial charge in [0.2, 0.25) is 0 Å². The quantitative estimate of drug-likeness (QED) is 0.710. The Morgan fingerprint density at radius 3 is 2.50 bits per heavy atom. The van der Waals surface area contributed by atoms with Gasteiger partial charge in [0, 0.05) is 37.1 Å². The number of likely N-dealkylation sites (N-methyl/N-ethyl adjacent to an activating group) is 1. The van der Waals surface area contributed by atoms with E-state index in [9.17, 15) is 5.11 Å². The molecule has 0 saturated carbocycles. The predicted octanol–water partition coefficient (Wildman–Crippen LogP) is 4.73. The van der Waals surface area contributed by atoms with Crippen LogP contribution in [-0.4, -0.2) is 25.1 Å². The van der Waals surface area contributed by atoms with E-state index in [0.29, 0.717) is 5.75 Å². The topological polar surface area (TPSA) is 23.5 Å². The lowest BCUT2D eigenvalue weighted by Crippen LogP contribution is -2.12. The molecule has 0 aromatic heterocycles. The summed E-state index contributed by atoms with van der Waals surface area (Å²) in [6.45, 7) is 7.16. The molecule has 0 radical (unpaired) electrons. The highest BCUT2D eigenvalue weighted by Crippen LogP contribution is 2.39. The molecule has 3 rings (SSSR count). The first-order valence-corrected chi connectivity index (χ1v) is 7.77. The van der Waals surface area contributed by atoms with E-state index in [1.165, 1.54) is 28.6 Å². The average Bonchev–Trinajstić information content (AvgIpc) is 2.85. The smallest absolute Gasteiger partial charge is 0.125 e. The number of benzene rings is 2. The lowest BCUT2D eigenvalue weighted by atomic mass is 9.97. The number of fused-ring (bicyclic) bond motifs is 3. The Morgan fingerprint density at radius 2 is 1.85 bits per heavy atom. The van der Waals surface area contributed by atoms with Gasteiger partial charge in [0.25, 0.3) is 0 Å². The number of aromatic hydroxyl groups is 1. The van der Waals surface area contributed by atoms with E-state index in [-0.39, 0.29) is 0 Å². The van der Waals surface area contributed by atoms with Gasteiger partial charge in [-0.25, -0.2) is 0 Å². The van der Waals surface area contributed by atoms with Crippen LogP contribution in [0, 0.1) is 6.92 Å². The van der Waals surface area contributed by atoms with Crippen LogP contribution in [0.15, 0.2) is 24.3 Å². The predicted molar refractivity (Wildman–Crippen MR) is 90.4 cm³/mol. The maximum absolute atomic E-state index is 10.1. The van der Waals surface area contributed by atoms with Crippen molar-refractivity contribution in [1.29, 1.82) is 0 Å². The minimum atomic E-state index is 0.395. The van der Waals surface area contributed by atoms with Gasteiger partial charge in [-0.05, 0) is 29.9 Å². The highest BCUT2D eigenvalue weighted by atomic mass is 35.5. The largest absolute Gasteiger partial charge is 0.507 e. The van der Waals surface area contributed by atoms with Crippen LogP contribution in [0.3, 0.4) is 0 Å². The summed E-state index contributed by atoms with van der Waals surface area (Å²) in [4.78, 5) is 2.21. The zero-order chi connectivity index (χ0) is 15.3. The number of aryl methyl sites for hydroxylation is 1. The van der Waals surface area contributed by atoms with Crippen LogP contribution >= 0.6 is 11.6 Å². The van der Waals surface area contributed by atoms with Crippen LogP contribution < -0.4 is 4.90 Å². The minimum absolute atomic E-state index is 0.395. The Morgan fingerprint density at radius 1 is 1.20 bits per heavy atom. The summed E-state index contributed by atoms with van der Waals surface area (Å²) in [6, 6.07) is 8.00. The molecule has 1 aliphatic heterocycles. The normalized spacial score (nSPS) is 12.2. The Bertz CT molecular complexity index is 581. The van der Waals surface area contributed by atoms with Crippen LogP contribution in [0.1, 0.15) is 25.0 Å². The van der Waals surface area contributed by atoms with Crippen molar-refractivity contribution in [2.75, 3.05) is 24.9 Å². The number of hydrogen-bond acceptors (Lipinski definition) is 2. The summed E-state index contributed by atoms with van der Waals surface area (Å²) < 4.78 is 0. The van der Waals surface area contributed by atoms with E-state index in [2.05, 4.69) is 36.5 Å². The Balaban J connectivity index is 0.000000461. The summed E-state index contributed by atoms with van der Waals surface area (Å²) in [7, 11) is 2.08. The van der Waals surface area contributed by atoms with Crippen molar-refractivity contribution >= 4 is 28.1 Å². The molecule has 0 saturated heterocycles. The molecule has 0 amide bonds. The van der Waals surface area contributed by atoms with Gasteiger partial charge < -0.3 is 10.0 Å². The van der Waals surface area contributed by atoms with Gasteiger partial charge in [-0.3, -0.25) is 0 Å². The molecule has 2 aromatic rings. The molecular formula is C17H24ClNO. The monoisotopic (exact) mass is 293 g/mol. The summed E-state index contributed by atoms with van der Waals surface area (Å²) in [5, 5.41) is 12.3. The minimum Gasteiger partial charge on any atom is -0.507 e. The average molecular weight is 294 g/mol. The third kappa shape index (κ3) is 2.85. The lowest BCUT2D eigenvalue weighted by Gasteiger charge is -2.14. The molecule has 20 heavy (non-hydrogen) atoms. The van der Waals surface area contributed by atoms with E-state index in [0.717, 1.165) is 18.4 Å². The van der Waals surface area contributed by atoms with Gasteiger partial charge in [-0.15, -0.1) is 11.6 Å². The van der Waals surface area contributed by atoms with Gasteiger partial charge in [0.15, 0.2) is 0 Å². The molecule has 1 N–H and O–H groups in total. The zero-order valence-electron chi connectivity index (χ0n) is 13.0. The van der Waals surface area contributed by atoms with Gasteiger partial charge in [0.05, 0.1) is 0 Å². The second-order valence-corrected chi connectivity index (χ2v) is 4.56. The number of anilines is 1. The third-order valence-electron chi connectivity index (χ3n) is 3.54. The molecule has 3 heteroatoms. The Labute approximate surface area is 127 Å². The molecule has 1 heterocycles. The maximum atomic E-state index is 10.1. The first-order chi connectivity index (χ1) is 9.68. The number of alkyl halides is 1. The van der Waals surface area contributed by atoms with Crippen molar-refractivity contribution in [3.05, 3.63) is 35.4 Å². The summed E-state index contributed by atoms with van der Waals surface area (Å²) in [5.74, 6) is 0.395. The fourth-order valence-corrected chi connectivity index (χ4v) is 2.70. The first-order valence-electron chi connectivity index (χ1n) is 7.01. The fourth-order valence-electron chi connectivity index (χ4n) is 2.70. The fraction of sp³-hybridized carbons (Fsp3) is 0.412. The molecule has 110 valence electrons. The van der Waals surface area contributed by atoms with E-state index >= 15 is 0 Å². The summed E-state index contributed by atoms with van der Waals surface area (Å²) in [5.41, 5.74) is 3.81. The molecule has 2 nitrogen and oxygen atoms in total.